The number of anilines is 1. The number of rotatable bonds is 7. The highest BCUT2D eigenvalue weighted by Gasteiger charge is 2.26. The number of aliphatic hydroxyl groups is 1. The van der Waals surface area contributed by atoms with E-state index in [0.717, 1.165) is 0 Å². The SMILES string of the molecule is Cc1[nH]c(N)c(C(=O)c2ccccc2)c1C(=O)OCCCCO. The van der Waals surface area contributed by atoms with Gasteiger partial charge in [0.25, 0.3) is 0 Å². The van der Waals surface area contributed by atoms with Gasteiger partial charge in [-0.3, -0.25) is 4.79 Å². The summed E-state index contributed by atoms with van der Waals surface area (Å²) >= 11 is 0. The van der Waals surface area contributed by atoms with Gasteiger partial charge in [-0.25, -0.2) is 4.79 Å². The molecule has 122 valence electrons. The highest BCUT2D eigenvalue weighted by atomic mass is 16.5. The van der Waals surface area contributed by atoms with Crippen LogP contribution >= 0.6 is 0 Å². The van der Waals surface area contributed by atoms with E-state index in [2.05, 4.69) is 4.98 Å². The average Bonchev–Trinajstić information content (AvgIpc) is 2.85. The van der Waals surface area contributed by atoms with Crippen molar-refractivity contribution in [3.8, 4) is 0 Å². The number of hydrogen-bond donors (Lipinski definition) is 3. The van der Waals surface area contributed by atoms with Crippen LogP contribution in [0, 0.1) is 6.92 Å². The minimum Gasteiger partial charge on any atom is -0.462 e. The van der Waals surface area contributed by atoms with Crippen LogP contribution < -0.4 is 5.73 Å². The van der Waals surface area contributed by atoms with E-state index in [1.165, 1.54) is 0 Å². The number of unbranched alkanes of at least 4 members (excludes halogenated alkanes) is 1. The molecule has 0 atom stereocenters. The number of aryl methyl sites for hydroxylation is 1. The van der Waals surface area contributed by atoms with Crippen molar-refractivity contribution in [3.05, 3.63) is 52.7 Å². The molecule has 0 aliphatic heterocycles. The first-order valence-electron chi connectivity index (χ1n) is 7.42. The number of ether oxygens (including phenoxy) is 1. The standard InChI is InChI=1S/C17H20N2O4/c1-11-13(17(22)23-10-6-5-9-20)14(16(18)19-11)15(21)12-7-3-2-4-8-12/h2-4,7-8,19-20H,5-6,9-10,18H2,1H3. The molecule has 1 aromatic carbocycles. The number of benzene rings is 1. The zero-order chi connectivity index (χ0) is 16.8. The number of carbonyl (C=O) groups is 2. The minimum absolute atomic E-state index is 0.0470. The summed E-state index contributed by atoms with van der Waals surface area (Å²) in [5.74, 6) is -0.763. The number of aromatic amines is 1. The molecule has 0 amide bonds. The van der Waals surface area contributed by atoms with Crippen LogP contribution in [-0.2, 0) is 4.74 Å². The summed E-state index contributed by atoms with van der Waals surface area (Å²) in [7, 11) is 0. The van der Waals surface area contributed by atoms with E-state index in [1.807, 2.05) is 0 Å². The molecule has 2 rings (SSSR count). The third-order valence-electron chi connectivity index (χ3n) is 3.47. The molecule has 0 spiro atoms. The predicted octanol–water partition coefficient (Wildman–Crippen LogP) is 2.07. The molecule has 1 heterocycles. The van der Waals surface area contributed by atoms with Gasteiger partial charge in [-0.05, 0) is 19.8 Å². The molecule has 4 N–H and O–H groups in total. The molecule has 0 unspecified atom stereocenters. The fourth-order valence-electron chi connectivity index (χ4n) is 2.32. The van der Waals surface area contributed by atoms with Gasteiger partial charge in [0, 0.05) is 17.9 Å². The lowest BCUT2D eigenvalue weighted by Crippen LogP contribution is -2.13. The van der Waals surface area contributed by atoms with Crippen LogP contribution in [0.4, 0.5) is 5.82 Å². The van der Waals surface area contributed by atoms with Crippen molar-refractivity contribution in [2.45, 2.75) is 19.8 Å². The van der Waals surface area contributed by atoms with Crippen molar-refractivity contribution < 1.29 is 19.4 Å². The van der Waals surface area contributed by atoms with Crippen molar-refractivity contribution in [3.63, 3.8) is 0 Å². The van der Waals surface area contributed by atoms with Crippen molar-refractivity contribution in [2.75, 3.05) is 18.9 Å². The van der Waals surface area contributed by atoms with Crippen LogP contribution in [-0.4, -0.2) is 35.1 Å². The lowest BCUT2D eigenvalue weighted by atomic mass is 10.0. The van der Waals surface area contributed by atoms with E-state index in [9.17, 15) is 9.59 Å². The Morgan fingerprint density at radius 3 is 2.52 bits per heavy atom. The second-order valence-corrected chi connectivity index (χ2v) is 5.18. The maximum atomic E-state index is 12.6. The van der Waals surface area contributed by atoms with Crippen molar-refractivity contribution >= 4 is 17.6 Å². The molecule has 6 heteroatoms. The van der Waals surface area contributed by atoms with Crippen molar-refractivity contribution in [1.82, 2.24) is 4.98 Å². The number of H-pyrrole nitrogens is 1. The second kappa shape index (κ2) is 7.60. The molecule has 0 saturated heterocycles. The summed E-state index contributed by atoms with van der Waals surface area (Å²) in [6.45, 7) is 1.90. The van der Waals surface area contributed by atoms with Crippen LogP contribution in [0.5, 0.6) is 0 Å². The topological polar surface area (TPSA) is 105 Å². The zero-order valence-corrected chi connectivity index (χ0v) is 13.0. The largest absolute Gasteiger partial charge is 0.462 e. The average molecular weight is 316 g/mol. The van der Waals surface area contributed by atoms with Gasteiger partial charge in [-0.1, -0.05) is 30.3 Å². The Hall–Kier alpha value is -2.60. The van der Waals surface area contributed by atoms with Gasteiger partial charge in [-0.15, -0.1) is 0 Å². The van der Waals surface area contributed by atoms with Gasteiger partial charge in [0.1, 0.15) is 5.82 Å². The minimum atomic E-state index is -0.590. The van der Waals surface area contributed by atoms with E-state index in [0.29, 0.717) is 24.1 Å². The Kier molecular flexibility index (Phi) is 5.54. The molecule has 0 fully saturated rings. The molecule has 2 aromatic rings. The van der Waals surface area contributed by atoms with Gasteiger partial charge in [0.05, 0.1) is 17.7 Å². The molecular weight excluding hydrogens is 296 g/mol. The number of aliphatic hydroxyl groups excluding tert-OH is 1. The number of nitrogens with two attached hydrogens (primary N) is 1. The Bertz CT molecular complexity index is 692. The summed E-state index contributed by atoms with van der Waals surface area (Å²) in [5, 5.41) is 8.73. The molecule has 0 aliphatic carbocycles. The molecular formula is C17H20N2O4. The van der Waals surface area contributed by atoms with Gasteiger partial charge in [0.2, 0.25) is 0 Å². The van der Waals surface area contributed by atoms with E-state index in [1.54, 1.807) is 37.3 Å². The summed E-state index contributed by atoms with van der Waals surface area (Å²) in [6, 6.07) is 8.63. The predicted molar refractivity (Wildman–Crippen MR) is 86.4 cm³/mol. The number of esters is 1. The molecule has 23 heavy (non-hydrogen) atoms. The summed E-state index contributed by atoms with van der Waals surface area (Å²) in [5.41, 5.74) is 7.13. The highest BCUT2D eigenvalue weighted by Crippen LogP contribution is 2.25. The normalized spacial score (nSPS) is 10.5. The lowest BCUT2D eigenvalue weighted by molar-refractivity contribution is 0.0489. The van der Waals surface area contributed by atoms with Gasteiger partial charge in [0.15, 0.2) is 5.78 Å². The van der Waals surface area contributed by atoms with Crippen LogP contribution in [0.1, 0.15) is 44.8 Å². The second-order valence-electron chi connectivity index (χ2n) is 5.18. The maximum Gasteiger partial charge on any atom is 0.340 e. The van der Waals surface area contributed by atoms with Crippen LogP contribution in [0.2, 0.25) is 0 Å². The van der Waals surface area contributed by atoms with Crippen molar-refractivity contribution in [1.29, 1.82) is 0 Å². The summed E-state index contributed by atoms with van der Waals surface area (Å²) < 4.78 is 5.17. The molecule has 0 bridgehead atoms. The Labute approximate surface area is 134 Å². The number of ketones is 1. The van der Waals surface area contributed by atoms with Gasteiger partial charge in [-0.2, -0.15) is 0 Å². The number of carbonyl (C=O) groups excluding carboxylic acids is 2. The Morgan fingerprint density at radius 2 is 1.87 bits per heavy atom. The number of nitrogens with one attached hydrogen (secondary N) is 1. The van der Waals surface area contributed by atoms with E-state index < -0.39 is 5.97 Å². The fourth-order valence-corrected chi connectivity index (χ4v) is 2.32. The van der Waals surface area contributed by atoms with Crippen molar-refractivity contribution in [2.24, 2.45) is 0 Å². The molecule has 6 nitrogen and oxygen atoms in total. The third kappa shape index (κ3) is 3.78. The maximum absolute atomic E-state index is 12.6. The lowest BCUT2D eigenvalue weighted by Gasteiger charge is -2.07. The fraction of sp³-hybridized carbons (Fsp3) is 0.294. The van der Waals surface area contributed by atoms with Gasteiger partial charge < -0.3 is 20.6 Å². The number of hydrogen-bond acceptors (Lipinski definition) is 5. The van der Waals surface area contributed by atoms with Crippen LogP contribution in [0.25, 0.3) is 0 Å². The summed E-state index contributed by atoms with van der Waals surface area (Å²) in [6.07, 6.45) is 1.11. The van der Waals surface area contributed by atoms with E-state index in [4.69, 9.17) is 15.6 Å². The van der Waals surface area contributed by atoms with Crippen LogP contribution in [0.15, 0.2) is 30.3 Å². The first-order chi connectivity index (χ1) is 11.1. The molecule has 0 radical (unpaired) electrons. The van der Waals surface area contributed by atoms with E-state index >= 15 is 0 Å². The molecule has 0 aliphatic rings. The Morgan fingerprint density at radius 1 is 1.17 bits per heavy atom. The summed E-state index contributed by atoms with van der Waals surface area (Å²) in [4.78, 5) is 27.8. The Balaban J connectivity index is 2.27. The molecule has 0 saturated carbocycles. The monoisotopic (exact) mass is 316 g/mol. The smallest absolute Gasteiger partial charge is 0.340 e. The van der Waals surface area contributed by atoms with Gasteiger partial charge >= 0.3 is 5.97 Å². The first kappa shape index (κ1) is 16.8. The quantitative estimate of drug-likeness (QED) is 0.412. The third-order valence-corrected chi connectivity index (χ3v) is 3.47. The first-order valence-corrected chi connectivity index (χ1v) is 7.42. The van der Waals surface area contributed by atoms with E-state index in [-0.39, 0.29) is 35.9 Å². The number of nitrogen functional groups attached to an aromatic ring is 1. The number of aromatic nitrogens is 1. The highest BCUT2D eigenvalue weighted by molar-refractivity contribution is 6.17. The molecule has 1 aromatic heterocycles. The zero-order valence-electron chi connectivity index (χ0n) is 13.0. The van der Waals surface area contributed by atoms with Crippen LogP contribution in [0.3, 0.4) is 0 Å².